The van der Waals surface area contributed by atoms with Crippen molar-refractivity contribution in [3.05, 3.63) is 6.07 Å². The van der Waals surface area contributed by atoms with Crippen LogP contribution in [0.5, 0.6) is 0 Å². The fraction of sp³-hybridized carbons (Fsp3) is 0.286. The molecule has 1 unspecified atom stereocenters. The molecule has 0 aliphatic rings. The van der Waals surface area contributed by atoms with Gasteiger partial charge < -0.3 is 22.2 Å². The van der Waals surface area contributed by atoms with Crippen molar-refractivity contribution in [1.82, 2.24) is 9.97 Å². The topological polar surface area (TPSA) is 145 Å². The summed E-state index contributed by atoms with van der Waals surface area (Å²) in [7, 11) is 0. The molecule has 0 bridgehead atoms. The zero-order chi connectivity index (χ0) is 11.4. The molecule has 8 N–H and O–H groups in total. The van der Waals surface area contributed by atoms with Crippen LogP contribution < -0.4 is 28.1 Å². The number of anilines is 3. The number of amides is 1. The van der Waals surface area contributed by atoms with Gasteiger partial charge in [-0.2, -0.15) is 9.97 Å². The van der Waals surface area contributed by atoms with Gasteiger partial charge in [-0.3, -0.25) is 4.79 Å². The van der Waals surface area contributed by atoms with Crippen LogP contribution in [0.2, 0.25) is 0 Å². The fourth-order valence-corrected chi connectivity index (χ4v) is 0.907. The van der Waals surface area contributed by atoms with Crippen LogP contribution in [0.25, 0.3) is 0 Å². The van der Waals surface area contributed by atoms with Crippen LogP contribution in [0.4, 0.5) is 17.6 Å². The molecule has 8 heteroatoms. The Balaban J connectivity index is 2.85. The van der Waals surface area contributed by atoms with Crippen molar-refractivity contribution >= 4 is 23.5 Å². The van der Waals surface area contributed by atoms with Gasteiger partial charge >= 0.3 is 0 Å². The van der Waals surface area contributed by atoms with E-state index in [1.165, 1.54) is 6.07 Å². The highest BCUT2D eigenvalue weighted by Gasteiger charge is 2.09. The summed E-state index contributed by atoms with van der Waals surface area (Å²) >= 11 is 0. The zero-order valence-electron chi connectivity index (χ0n) is 8.19. The van der Waals surface area contributed by atoms with Gasteiger partial charge in [-0.1, -0.05) is 0 Å². The first-order valence-electron chi connectivity index (χ1n) is 4.20. The maximum atomic E-state index is 10.8. The average Bonchev–Trinajstić information content (AvgIpc) is 2.16. The van der Waals surface area contributed by atoms with E-state index in [4.69, 9.17) is 17.3 Å². The lowest BCUT2D eigenvalue weighted by Crippen LogP contribution is -2.32. The second-order valence-electron chi connectivity index (χ2n) is 2.91. The van der Waals surface area contributed by atoms with Crippen molar-refractivity contribution in [2.24, 2.45) is 11.6 Å². The van der Waals surface area contributed by atoms with Crippen molar-refractivity contribution < 1.29 is 4.79 Å². The van der Waals surface area contributed by atoms with Crippen molar-refractivity contribution in [3.63, 3.8) is 0 Å². The maximum Gasteiger partial charge on any atom is 0.239 e. The molecule has 0 aromatic carbocycles. The minimum absolute atomic E-state index is 0.0459. The molecule has 0 aliphatic heterocycles. The normalized spacial score (nSPS) is 11.9. The second kappa shape index (κ2) is 4.42. The van der Waals surface area contributed by atoms with Gasteiger partial charge in [-0.05, 0) is 6.92 Å². The minimum atomic E-state index is -0.551. The Kier molecular flexibility index (Phi) is 3.24. The summed E-state index contributed by atoms with van der Waals surface area (Å²) in [6.07, 6.45) is 0. The molecule has 0 aliphatic carbocycles. The lowest BCUT2D eigenvalue weighted by Gasteiger charge is -2.11. The highest BCUT2D eigenvalue weighted by molar-refractivity contribution is 5.82. The Hall–Kier alpha value is -2.09. The van der Waals surface area contributed by atoms with Crippen LogP contribution in [0, 0.1) is 0 Å². The smallest absolute Gasteiger partial charge is 0.239 e. The summed E-state index contributed by atoms with van der Waals surface area (Å²) < 4.78 is 0. The molecule has 8 nitrogen and oxygen atoms in total. The van der Waals surface area contributed by atoms with E-state index in [1.807, 2.05) is 0 Å². The summed E-state index contributed by atoms with van der Waals surface area (Å²) in [5, 5.41) is 2.76. The fourth-order valence-electron chi connectivity index (χ4n) is 0.907. The number of nitrogen functional groups attached to an aromatic ring is 2. The Morgan fingerprint density at radius 2 is 2.07 bits per heavy atom. The molecule has 1 aromatic heterocycles. The van der Waals surface area contributed by atoms with Crippen molar-refractivity contribution in [2.45, 2.75) is 13.0 Å². The number of nitrogens with one attached hydrogen (secondary N) is 2. The molecule has 0 spiro atoms. The molecule has 0 saturated heterocycles. The molecular weight excluding hydrogens is 198 g/mol. The van der Waals surface area contributed by atoms with E-state index >= 15 is 0 Å². The van der Waals surface area contributed by atoms with Crippen molar-refractivity contribution in [3.8, 4) is 0 Å². The van der Waals surface area contributed by atoms with E-state index in [2.05, 4.69) is 20.7 Å². The Labute approximate surface area is 86.2 Å². The standard InChI is InChI=1S/C7H13N7O/c1-3(6(8)15)11-4-2-5(14-10)13-7(9)12-4/h2-3H,10H2,1H3,(H2,8,15)(H4,9,11,12,13,14). The molecule has 0 radical (unpaired) electrons. The van der Waals surface area contributed by atoms with Gasteiger partial charge in [-0.15, -0.1) is 0 Å². The van der Waals surface area contributed by atoms with Gasteiger partial charge in [-0.25, -0.2) is 5.84 Å². The largest absolute Gasteiger partial charge is 0.368 e. The number of hydrogen-bond donors (Lipinski definition) is 5. The number of nitrogens with zero attached hydrogens (tertiary/aromatic N) is 2. The summed E-state index contributed by atoms with van der Waals surface area (Å²) in [6, 6.07) is 0.959. The van der Waals surface area contributed by atoms with Gasteiger partial charge in [0.05, 0.1) is 0 Å². The maximum absolute atomic E-state index is 10.8. The SMILES string of the molecule is CC(Nc1cc(NN)nc(N)n1)C(N)=O. The summed E-state index contributed by atoms with van der Waals surface area (Å²) in [5.74, 6) is 5.44. The van der Waals surface area contributed by atoms with Crippen LogP contribution in [0.3, 0.4) is 0 Å². The third kappa shape index (κ3) is 2.95. The van der Waals surface area contributed by atoms with Crippen molar-refractivity contribution in [2.75, 3.05) is 16.5 Å². The Morgan fingerprint density at radius 3 is 2.60 bits per heavy atom. The summed E-state index contributed by atoms with van der Waals surface area (Å²) in [6.45, 7) is 1.61. The molecule has 1 rings (SSSR count). The number of nitrogens with two attached hydrogens (primary N) is 3. The molecule has 1 aromatic rings. The summed E-state index contributed by atoms with van der Waals surface area (Å²) in [5.41, 5.74) is 12.8. The molecule has 1 atom stereocenters. The number of hydrogen-bond acceptors (Lipinski definition) is 7. The number of hydrazine groups is 1. The van der Waals surface area contributed by atoms with Gasteiger partial charge in [0, 0.05) is 6.07 Å². The van der Waals surface area contributed by atoms with E-state index in [0.717, 1.165) is 0 Å². The van der Waals surface area contributed by atoms with E-state index in [-0.39, 0.29) is 5.95 Å². The molecule has 0 saturated carbocycles. The number of rotatable bonds is 4. The monoisotopic (exact) mass is 211 g/mol. The Morgan fingerprint density at radius 1 is 1.47 bits per heavy atom. The summed E-state index contributed by atoms with van der Waals surface area (Å²) in [4.78, 5) is 18.4. The van der Waals surface area contributed by atoms with Crippen LogP contribution in [0.1, 0.15) is 6.92 Å². The van der Waals surface area contributed by atoms with Crippen LogP contribution in [0.15, 0.2) is 6.07 Å². The quantitative estimate of drug-likeness (QED) is 0.305. The lowest BCUT2D eigenvalue weighted by molar-refractivity contribution is -0.118. The number of aromatic nitrogens is 2. The third-order valence-corrected chi connectivity index (χ3v) is 1.68. The molecule has 1 heterocycles. The van der Waals surface area contributed by atoms with E-state index < -0.39 is 11.9 Å². The lowest BCUT2D eigenvalue weighted by atomic mass is 10.3. The van der Waals surface area contributed by atoms with E-state index in [9.17, 15) is 4.79 Å². The molecule has 0 fully saturated rings. The molecular formula is C7H13N7O. The first-order valence-corrected chi connectivity index (χ1v) is 4.20. The first-order chi connectivity index (χ1) is 7.02. The average molecular weight is 211 g/mol. The van der Waals surface area contributed by atoms with Gasteiger partial charge in [0.2, 0.25) is 11.9 Å². The molecule has 1 amide bonds. The van der Waals surface area contributed by atoms with Gasteiger partial charge in [0.25, 0.3) is 0 Å². The highest BCUT2D eigenvalue weighted by atomic mass is 16.1. The highest BCUT2D eigenvalue weighted by Crippen LogP contribution is 2.11. The predicted octanol–water partition coefficient (Wildman–Crippen LogP) is -1.37. The Bertz CT molecular complexity index is 366. The third-order valence-electron chi connectivity index (χ3n) is 1.68. The van der Waals surface area contributed by atoms with Gasteiger partial charge in [0.15, 0.2) is 0 Å². The minimum Gasteiger partial charge on any atom is -0.368 e. The molecule has 15 heavy (non-hydrogen) atoms. The number of carbonyl (C=O) groups excluding carboxylic acids is 1. The van der Waals surface area contributed by atoms with Gasteiger partial charge in [0.1, 0.15) is 17.7 Å². The number of carbonyl (C=O) groups is 1. The van der Waals surface area contributed by atoms with E-state index in [0.29, 0.717) is 11.6 Å². The number of primary amides is 1. The van der Waals surface area contributed by atoms with Crippen LogP contribution >= 0.6 is 0 Å². The van der Waals surface area contributed by atoms with E-state index in [1.54, 1.807) is 6.92 Å². The van der Waals surface area contributed by atoms with Crippen LogP contribution in [-0.2, 0) is 4.79 Å². The predicted molar refractivity (Wildman–Crippen MR) is 56.5 cm³/mol. The second-order valence-corrected chi connectivity index (χ2v) is 2.91. The van der Waals surface area contributed by atoms with Crippen LogP contribution in [-0.4, -0.2) is 21.9 Å². The molecule has 82 valence electrons. The van der Waals surface area contributed by atoms with Crippen molar-refractivity contribution in [1.29, 1.82) is 0 Å². The first kappa shape index (κ1) is 11.0. The zero-order valence-corrected chi connectivity index (χ0v) is 8.19.